The highest BCUT2D eigenvalue weighted by Gasteiger charge is 2.07. The standard InChI is InChI=1S/C9H8N4OS/c10-6-1-3-7(4-2-6)12-9(14)8-5-11-13-15-8/h1-5H,10H2,(H,12,14). The van der Waals surface area contributed by atoms with E-state index in [-0.39, 0.29) is 5.91 Å². The maximum absolute atomic E-state index is 11.5. The highest BCUT2D eigenvalue weighted by Crippen LogP contribution is 2.12. The topological polar surface area (TPSA) is 80.9 Å². The monoisotopic (exact) mass is 220 g/mol. The quantitative estimate of drug-likeness (QED) is 0.749. The molecule has 1 aromatic carbocycles. The molecule has 1 amide bonds. The maximum Gasteiger partial charge on any atom is 0.269 e. The van der Waals surface area contributed by atoms with Crippen molar-refractivity contribution in [3.05, 3.63) is 35.3 Å². The molecule has 0 unspecified atom stereocenters. The molecule has 0 bridgehead atoms. The Labute approximate surface area is 90.1 Å². The molecule has 1 aromatic heterocycles. The molecule has 76 valence electrons. The minimum atomic E-state index is -0.213. The van der Waals surface area contributed by atoms with E-state index in [0.29, 0.717) is 16.3 Å². The highest BCUT2D eigenvalue weighted by molar-refractivity contribution is 7.07. The number of rotatable bonds is 2. The Morgan fingerprint density at radius 1 is 1.33 bits per heavy atom. The van der Waals surface area contributed by atoms with Gasteiger partial charge in [0, 0.05) is 11.4 Å². The molecule has 0 saturated heterocycles. The van der Waals surface area contributed by atoms with Crippen LogP contribution in [-0.4, -0.2) is 15.5 Å². The Hall–Kier alpha value is -1.95. The third-order valence-electron chi connectivity index (χ3n) is 1.75. The normalized spacial score (nSPS) is 9.87. The van der Waals surface area contributed by atoms with E-state index in [9.17, 15) is 4.79 Å². The molecule has 0 aliphatic carbocycles. The molecule has 2 aromatic rings. The average molecular weight is 220 g/mol. The van der Waals surface area contributed by atoms with Crippen LogP contribution in [0.25, 0.3) is 0 Å². The molecule has 5 nitrogen and oxygen atoms in total. The van der Waals surface area contributed by atoms with Gasteiger partial charge in [0.1, 0.15) is 4.88 Å². The average Bonchev–Trinajstić information content (AvgIpc) is 2.74. The summed E-state index contributed by atoms with van der Waals surface area (Å²) in [5, 5.41) is 6.29. The van der Waals surface area contributed by atoms with Crippen LogP contribution in [0.2, 0.25) is 0 Å². The minimum absolute atomic E-state index is 0.213. The van der Waals surface area contributed by atoms with Gasteiger partial charge in [-0.1, -0.05) is 4.49 Å². The summed E-state index contributed by atoms with van der Waals surface area (Å²) in [6.07, 6.45) is 1.43. The van der Waals surface area contributed by atoms with Crippen LogP contribution < -0.4 is 11.1 Å². The van der Waals surface area contributed by atoms with Crippen LogP contribution >= 0.6 is 11.5 Å². The molecule has 3 N–H and O–H groups in total. The number of carbonyl (C=O) groups is 1. The number of amides is 1. The van der Waals surface area contributed by atoms with E-state index >= 15 is 0 Å². The minimum Gasteiger partial charge on any atom is -0.399 e. The summed E-state index contributed by atoms with van der Waals surface area (Å²) in [6.45, 7) is 0. The number of aromatic nitrogens is 2. The van der Waals surface area contributed by atoms with E-state index in [0.717, 1.165) is 11.5 Å². The summed E-state index contributed by atoms with van der Waals surface area (Å²) in [7, 11) is 0. The molecule has 1 heterocycles. The van der Waals surface area contributed by atoms with E-state index < -0.39 is 0 Å². The number of nitrogens with one attached hydrogen (secondary N) is 1. The van der Waals surface area contributed by atoms with Gasteiger partial charge >= 0.3 is 0 Å². The molecule has 0 aliphatic heterocycles. The third-order valence-corrected chi connectivity index (χ3v) is 2.42. The molecule has 0 radical (unpaired) electrons. The molecule has 0 atom stereocenters. The molecular formula is C9H8N4OS. The zero-order valence-corrected chi connectivity index (χ0v) is 8.49. The number of nitrogen functional groups attached to an aromatic ring is 1. The van der Waals surface area contributed by atoms with Gasteiger partial charge in [-0.25, -0.2) is 0 Å². The van der Waals surface area contributed by atoms with Crippen molar-refractivity contribution in [3.8, 4) is 0 Å². The first-order valence-corrected chi connectivity index (χ1v) is 4.97. The second-order valence-electron chi connectivity index (χ2n) is 2.86. The van der Waals surface area contributed by atoms with E-state index in [1.807, 2.05) is 0 Å². The molecule has 0 saturated carbocycles. The largest absolute Gasteiger partial charge is 0.399 e. The van der Waals surface area contributed by atoms with Crippen molar-refractivity contribution in [1.29, 1.82) is 0 Å². The number of carbonyl (C=O) groups excluding carboxylic acids is 1. The first-order valence-electron chi connectivity index (χ1n) is 4.20. The van der Waals surface area contributed by atoms with Gasteiger partial charge in [-0.2, -0.15) is 0 Å². The number of anilines is 2. The van der Waals surface area contributed by atoms with Crippen LogP contribution in [0.3, 0.4) is 0 Å². The number of hydrogen-bond acceptors (Lipinski definition) is 5. The summed E-state index contributed by atoms with van der Waals surface area (Å²) in [4.78, 5) is 12.0. The molecule has 2 rings (SSSR count). The van der Waals surface area contributed by atoms with Crippen LogP contribution in [0.4, 0.5) is 11.4 Å². The lowest BCUT2D eigenvalue weighted by molar-refractivity contribution is 0.103. The third kappa shape index (κ3) is 2.29. The van der Waals surface area contributed by atoms with Crippen molar-refractivity contribution in [2.45, 2.75) is 0 Å². The summed E-state index contributed by atoms with van der Waals surface area (Å²) in [6, 6.07) is 6.92. The van der Waals surface area contributed by atoms with Crippen molar-refractivity contribution in [2.75, 3.05) is 11.1 Å². The lowest BCUT2D eigenvalue weighted by Crippen LogP contribution is -2.09. The number of benzene rings is 1. The summed E-state index contributed by atoms with van der Waals surface area (Å²) < 4.78 is 3.61. The molecule has 15 heavy (non-hydrogen) atoms. The fourth-order valence-electron chi connectivity index (χ4n) is 1.03. The molecule has 0 spiro atoms. The van der Waals surface area contributed by atoms with Crippen LogP contribution in [0.15, 0.2) is 30.5 Å². The Bertz CT molecular complexity index is 451. The van der Waals surface area contributed by atoms with Gasteiger partial charge in [-0.05, 0) is 35.8 Å². The van der Waals surface area contributed by atoms with Gasteiger partial charge < -0.3 is 11.1 Å². The van der Waals surface area contributed by atoms with Crippen molar-refractivity contribution in [1.82, 2.24) is 9.59 Å². The van der Waals surface area contributed by atoms with E-state index in [4.69, 9.17) is 5.73 Å². The van der Waals surface area contributed by atoms with E-state index in [1.165, 1.54) is 6.20 Å². The summed E-state index contributed by atoms with van der Waals surface area (Å²) >= 11 is 1.06. The predicted octanol–water partition coefficient (Wildman–Crippen LogP) is 1.37. The predicted molar refractivity (Wildman–Crippen MR) is 58.7 cm³/mol. The van der Waals surface area contributed by atoms with Crippen molar-refractivity contribution < 1.29 is 4.79 Å². The SMILES string of the molecule is Nc1ccc(NC(=O)c2cnns2)cc1. The van der Waals surface area contributed by atoms with Crippen LogP contribution in [-0.2, 0) is 0 Å². The summed E-state index contributed by atoms with van der Waals surface area (Å²) in [5.41, 5.74) is 6.88. The van der Waals surface area contributed by atoms with Gasteiger partial charge in [0.25, 0.3) is 5.91 Å². The van der Waals surface area contributed by atoms with Gasteiger partial charge in [0.05, 0.1) is 6.20 Å². The molecule has 0 aliphatic rings. The van der Waals surface area contributed by atoms with Crippen molar-refractivity contribution >= 4 is 28.8 Å². The zero-order chi connectivity index (χ0) is 10.7. The van der Waals surface area contributed by atoms with Gasteiger partial charge in [0.15, 0.2) is 0 Å². The molecule has 6 heteroatoms. The van der Waals surface area contributed by atoms with Gasteiger partial charge in [-0.15, -0.1) is 5.10 Å². The number of hydrogen-bond donors (Lipinski definition) is 2. The maximum atomic E-state index is 11.5. The van der Waals surface area contributed by atoms with Gasteiger partial charge in [-0.3, -0.25) is 4.79 Å². The van der Waals surface area contributed by atoms with Crippen molar-refractivity contribution in [2.24, 2.45) is 0 Å². The number of nitrogens with zero attached hydrogens (tertiary/aromatic N) is 2. The number of nitrogens with two attached hydrogens (primary N) is 1. The lowest BCUT2D eigenvalue weighted by atomic mass is 10.3. The Morgan fingerprint density at radius 3 is 2.67 bits per heavy atom. The molecular weight excluding hydrogens is 212 g/mol. The Morgan fingerprint density at radius 2 is 2.07 bits per heavy atom. The highest BCUT2D eigenvalue weighted by atomic mass is 32.1. The second kappa shape index (κ2) is 4.05. The lowest BCUT2D eigenvalue weighted by Gasteiger charge is -2.02. The Kier molecular flexibility index (Phi) is 2.59. The first-order chi connectivity index (χ1) is 7.25. The smallest absolute Gasteiger partial charge is 0.269 e. The van der Waals surface area contributed by atoms with Gasteiger partial charge in [0.2, 0.25) is 0 Å². The van der Waals surface area contributed by atoms with E-state index in [2.05, 4.69) is 14.9 Å². The van der Waals surface area contributed by atoms with Crippen molar-refractivity contribution in [3.63, 3.8) is 0 Å². The van der Waals surface area contributed by atoms with Crippen LogP contribution in [0.5, 0.6) is 0 Å². The fourth-order valence-corrected chi connectivity index (χ4v) is 1.44. The van der Waals surface area contributed by atoms with Crippen LogP contribution in [0.1, 0.15) is 9.67 Å². The van der Waals surface area contributed by atoms with Crippen LogP contribution in [0, 0.1) is 0 Å². The summed E-state index contributed by atoms with van der Waals surface area (Å²) in [5.74, 6) is -0.213. The molecule has 0 fully saturated rings. The first kappa shape index (κ1) is 9.60. The fraction of sp³-hybridized carbons (Fsp3) is 0. The van der Waals surface area contributed by atoms with E-state index in [1.54, 1.807) is 24.3 Å². The Balaban J connectivity index is 2.09. The second-order valence-corrected chi connectivity index (χ2v) is 3.64. The zero-order valence-electron chi connectivity index (χ0n) is 7.68.